The second-order valence-corrected chi connectivity index (χ2v) is 6.45. The Morgan fingerprint density at radius 1 is 0.611 bits per heavy atom. The Hall–Kier alpha value is -0.340. The fourth-order valence-electron chi connectivity index (χ4n) is 3.43. The smallest absolute Gasteiger partial charge is 0.0682 e. The van der Waals surface area contributed by atoms with Crippen molar-refractivity contribution in [3.8, 4) is 0 Å². The lowest BCUT2D eigenvalue weighted by Crippen LogP contribution is -2.31. The van der Waals surface area contributed by atoms with Crippen LogP contribution in [0.4, 0.5) is 0 Å². The number of aliphatic hydroxyl groups is 2. The molecule has 0 atom stereocenters. The Morgan fingerprint density at radius 2 is 0.944 bits per heavy atom. The summed E-state index contributed by atoms with van der Waals surface area (Å²) in [5, 5.41) is 20.7. The van der Waals surface area contributed by atoms with Crippen LogP contribution in [0.1, 0.15) is 77.0 Å². The van der Waals surface area contributed by atoms with E-state index in [2.05, 4.69) is 12.2 Å². The SMILES string of the molecule is OC1(C/C=C/CC2(O)CCCCC2)CCCCC1. The van der Waals surface area contributed by atoms with Crippen LogP contribution in [0.25, 0.3) is 0 Å². The van der Waals surface area contributed by atoms with E-state index in [1.54, 1.807) is 0 Å². The van der Waals surface area contributed by atoms with Gasteiger partial charge in [0.15, 0.2) is 0 Å². The summed E-state index contributed by atoms with van der Waals surface area (Å²) >= 11 is 0. The highest BCUT2D eigenvalue weighted by Gasteiger charge is 2.29. The number of rotatable bonds is 4. The summed E-state index contributed by atoms with van der Waals surface area (Å²) in [6.45, 7) is 0. The van der Waals surface area contributed by atoms with Gasteiger partial charge < -0.3 is 10.2 Å². The van der Waals surface area contributed by atoms with Gasteiger partial charge in [0.25, 0.3) is 0 Å². The van der Waals surface area contributed by atoms with Gasteiger partial charge in [-0.05, 0) is 38.5 Å². The molecule has 2 aliphatic carbocycles. The first-order chi connectivity index (χ1) is 8.62. The molecule has 2 heteroatoms. The fourth-order valence-corrected chi connectivity index (χ4v) is 3.43. The van der Waals surface area contributed by atoms with E-state index in [0.29, 0.717) is 0 Å². The zero-order valence-corrected chi connectivity index (χ0v) is 11.5. The third kappa shape index (κ3) is 4.10. The summed E-state index contributed by atoms with van der Waals surface area (Å²) in [5.41, 5.74) is -0.909. The van der Waals surface area contributed by atoms with Crippen molar-refractivity contribution in [1.82, 2.24) is 0 Å². The summed E-state index contributed by atoms with van der Waals surface area (Å²) in [6, 6.07) is 0. The zero-order chi connectivity index (χ0) is 12.9. The van der Waals surface area contributed by atoms with Crippen LogP contribution < -0.4 is 0 Å². The van der Waals surface area contributed by atoms with Crippen LogP contribution in [0, 0.1) is 0 Å². The molecule has 104 valence electrons. The fraction of sp³-hybridized carbons (Fsp3) is 0.875. The van der Waals surface area contributed by atoms with Gasteiger partial charge in [-0.3, -0.25) is 0 Å². The Kier molecular flexibility index (Phi) is 4.85. The van der Waals surface area contributed by atoms with E-state index >= 15 is 0 Å². The monoisotopic (exact) mass is 252 g/mol. The molecule has 2 fully saturated rings. The molecular weight excluding hydrogens is 224 g/mol. The molecule has 0 aromatic carbocycles. The van der Waals surface area contributed by atoms with Crippen LogP contribution in [-0.2, 0) is 0 Å². The highest BCUT2D eigenvalue weighted by molar-refractivity contribution is 4.97. The highest BCUT2D eigenvalue weighted by Crippen LogP contribution is 2.33. The van der Waals surface area contributed by atoms with Gasteiger partial charge in [0.05, 0.1) is 11.2 Å². The first-order valence-electron chi connectivity index (χ1n) is 7.72. The summed E-state index contributed by atoms with van der Waals surface area (Å²) in [4.78, 5) is 0. The third-order valence-electron chi connectivity index (χ3n) is 4.73. The zero-order valence-electron chi connectivity index (χ0n) is 11.5. The second kappa shape index (κ2) is 6.21. The molecule has 0 spiro atoms. The van der Waals surface area contributed by atoms with Crippen molar-refractivity contribution in [1.29, 1.82) is 0 Å². The Morgan fingerprint density at radius 3 is 1.28 bits per heavy atom. The van der Waals surface area contributed by atoms with Crippen LogP contribution in [0.5, 0.6) is 0 Å². The quantitative estimate of drug-likeness (QED) is 0.749. The minimum absolute atomic E-state index is 0.454. The van der Waals surface area contributed by atoms with E-state index in [4.69, 9.17) is 0 Å². The molecule has 2 N–H and O–H groups in total. The van der Waals surface area contributed by atoms with E-state index in [1.807, 2.05) is 0 Å². The van der Waals surface area contributed by atoms with E-state index in [0.717, 1.165) is 64.2 Å². The normalized spacial score (nSPS) is 27.4. The molecule has 0 aliphatic heterocycles. The largest absolute Gasteiger partial charge is 0.390 e. The molecule has 18 heavy (non-hydrogen) atoms. The number of hydrogen-bond donors (Lipinski definition) is 2. The highest BCUT2D eigenvalue weighted by atomic mass is 16.3. The predicted molar refractivity (Wildman–Crippen MR) is 74.4 cm³/mol. The Balaban J connectivity index is 1.73. The lowest BCUT2D eigenvalue weighted by molar-refractivity contribution is 0.00300. The van der Waals surface area contributed by atoms with Crippen LogP contribution in [0.3, 0.4) is 0 Å². The van der Waals surface area contributed by atoms with Crippen LogP contribution in [0.15, 0.2) is 12.2 Å². The van der Waals surface area contributed by atoms with E-state index in [-0.39, 0.29) is 0 Å². The van der Waals surface area contributed by atoms with Crippen molar-refractivity contribution >= 4 is 0 Å². The summed E-state index contributed by atoms with van der Waals surface area (Å²) in [7, 11) is 0. The van der Waals surface area contributed by atoms with Gasteiger partial charge in [-0.25, -0.2) is 0 Å². The maximum Gasteiger partial charge on any atom is 0.0682 e. The minimum Gasteiger partial charge on any atom is -0.390 e. The molecule has 0 bridgehead atoms. The van der Waals surface area contributed by atoms with E-state index < -0.39 is 11.2 Å². The van der Waals surface area contributed by atoms with E-state index in [9.17, 15) is 10.2 Å². The Labute approximate surface area is 111 Å². The van der Waals surface area contributed by atoms with E-state index in [1.165, 1.54) is 12.8 Å². The lowest BCUT2D eigenvalue weighted by Gasteiger charge is -2.32. The van der Waals surface area contributed by atoms with Crippen LogP contribution >= 0.6 is 0 Å². The maximum atomic E-state index is 10.4. The van der Waals surface area contributed by atoms with Gasteiger partial charge in [0, 0.05) is 0 Å². The summed E-state index contributed by atoms with van der Waals surface area (Å²) in [6.07, 6.45) is 16.7. The van der Waals surface area contributed by atoms with Gasteiger partial charge in [-0.1, -0.05) is 50.7 Å². The summed E-state index contributed by atoms with van der Waals surface area (Å²) < 4.78 is 0. The first kappa shape index (κ1) is 14.1. The first-order valence-corrected chi connectivity index (χ1v) is 7.72. The molecule has 0 aromatic heterocycles. The van der Waals surface area contributed by atoms with Crippen LogP contribution in [-0.4, -0.2) is 21.4 Å². The Bertz CT molecular complexity index is 243. The van der Waals surface area contributed by atoms with Gasteiger partial charge in [0.2, 0.25) is 0 Å². The standard InChI is InChI=1S/C16H28O2/c17-15(9-3-1-4-10-15)13-7-8-14-16(18)11-5-2-6-12-16/h7-8,17-18H,1-6,9-14H2/b8-7+. The number of hydrogen-bond acceptors (Lipinski definition) is 2. The van der Waals surface area contributed by atoms with Crippen molar-refractivity contribution in [2.24, 2.45) is 0 Å². The lowest BCUT2D eigenvalue weighted by atomic mass is 9.81. The topological polar surface area (TPSA) is 40.5 Å². The average Bonchev–Trinajstić information content (AvgIpc) is 2.37. The maximum absolute atomic E-state index is 10.4. The van der Waals surface area contributed by atoms with Gasteiger partial charge in [0.1, 0.15) is 0 Å². The van der Waals surface area contributed by atoms with Crippen LogP contribution in [0.2, 0.25) is 0 Å². The third-order valence-corrected chi connectivity index (χ3v) is 4.73. The van der Waals surface area contributed by atoms with Crippen molar-refractivity contribution in [3.05, 3.63) is 12.2 Å². The van der Waals surface area contributed by atoms with Gasteiger partial charge >= 0.3 is 0 Å². The molecule has 2 saturated carbocycles. The molecule has 0 unspecified atom stereocenters. The summed E-state index contributed by atoms with van der Waals surface area (Å²) in [5.74, 6) is 0. The van der Waals surface area contributed by atoms with Gasteiger partial charge in [-0.15, -0.1) is 0 Å². The molecule has 0 saturated heterocycles. The van der Waals surface area contributed by atoms with Crippen molar-refractivity contribution in [2.45, 2.75) is 88.3 Å². The van der Waals surface area contributed by atoms with Crippen molar-refractivity contribution in [2.75, 3.05) is 0 Å². The minimum atomic E-state index is -0.454. The predicted octanol–water partition coefficient (Wildman–Crippen LogP) is 3.71. The molecule has 0 heterocycles. The molecule has 2 rings (SSSR count). The molecule has 2 aliphatic rings. The molecule has 0 radical (unpaired) electrons. The second-order valence-electron chi connectivity index (χ2n) is 6.45. The molecule has 0 amide bonds. The molecular formula is C16H28O2. The van der Waals surface area contributed by atoms with Crippen molar-refractivity contribution < 1.29 is 10.2 Å². The van der Waals surface area contributed by atoms with Crippen molar-refractivity contribution in [3.63, 3.8) is 0 Å². The average molecular weight is 252 g/mol. The molecule has 0 aromatic rings. The van der Waals surface area contributed by atoms with Gasteiger partial charge in [-0.2, -0.15) is 0 Å². The molecule has 2 nitrogen and oxygen atoms in total.